The zero-order valence-corrected chi connectivity index (χ0v) is 17.0. The average Bonchev–Trinajstić information content (AvgIpc) is 2.79. The van der Waals surface area contributed by atoms with Gasteiger partial charge in [0, 0.05) is 0 Å². The zero-order chi connectivity index (χ0) is 21.0. The Morgan fingerprint density at radius 3 is 1.70 bits per heavy atom. The maximum absolute atomic E-state index is 12.6. The molecular formula is C26H26N2O2. The van der Waals surface area contributed by atoms with E-state index in [2.05, 4.69) is 53.6 Å². The highest BCUT2D eigenvalue weighted by atomic mass is 16.5. The Bertz CT molecular complexity index is 906. The number of hydrogen-bond acceptors (Lipinski definition) is 3. The Balaban J connectivity index is 1.83. The van der Waals surface area contributed by atoms with Gasteiger partial charge in [0.2, 0.25) is 5.91 Å². The molecule has 30 heavy (non-hydrogen) atoms. The normalized spacial score (nSPS) is 18.4. The van der Waals surface area contributed by atoms with Crippen LogP contribution >= 0.6 is 0 Å². The van der Waals surface area contributed by atoms with E-state index in [0.717, 1.165) is 22.3 Å². The van der Waals surface area contributed by atoms with Gasteiger partial charge in [0.05, 0.1) is 12.1 Å². The predicted octanol–water partition coefficient (Wildman–Crippen LogP) is 3.99. The Kier molecular flexibility index (Phi) is 5.79. The van der Waals surface area contributed by atoms with E-state index in [4.69, 9.17) is 4.74 Å². The monoisotopic (exact) mass is 398 g/mol. The van der Waals surface area contributed by atoms with Crippen LogP contribution in [-0.4, -0.2) is 24.8 Å². The lowest BCUT2D eigenvalue weighted by Gasteiger charge is -2.45. The molecule has 0 bridgehead atoms. The van der Waals surface area contributed by atoms with Crippen LogP contribution in [0.25, 0.3) is 0 Å². The van der Waals surface area contributed by atoms with Gasteiger partial charge in [-0.05, 0) is 23.6 Å². The molecule has 2 atom stereocenters. The maximum atomic E-state index is 12.6. The summed E-state index contributed by atoms with van der Waals surface area (Å²) in [6, 6.07) is 30.2. The first-order valence-corrected chi connectivity index (χ1v) is 10.1. The Morgan fingerprint density at radius 2 is 1.33 bits per heavy atom. The van der Waals surface area contributed by atoms with E-state index in [9.17, 15) is 4.79 Å². The molecule has 4 rings (SSSR count). The number of β-lactam (4-membered cyclic amide) rings is 1. The van der Waals surface area contributed by atoms with Crippen LogP contribution in [0.5, 0.6) is 0 Å². The average molecular weight is 399 g/mol. The molecule has 1 heterocycles. The lowest BCUT2D eigenvalue weighted by Crippen LogP contribution is -2.72. The molecule has 0 saturated carbocycles. The van der Waals surface area contributed by atoms with Gasteiger partial charge < -0.3 is 10.1 Å². The van der Waals surface area contributed by atoms with Gasteiger partial charge in [0.1, 0.15) is 6.04 Å². The van der Waals surface area contributed by atoms with Crippen molar-refractivity contribution in [2.45, 2.75) is 24.7 Å². The highest BCUT2D eigenvalue weighted by Gasteiger charge is 2.47. The third-order valence-corrected chi connectivity index (χ3v) is 5.37. The number of amides is 1. The molecule has 0 aromatic heterocycles. The molecule has 0 spiro atoms. The second kappa shape index (κ2) is 8.66. The summed E-state index contributed by atoms with van der Waals surface area (Å²) < 4.78 is 5.88. The highest BCUT2D eigenvalue weighted by Crippen LogP contribution is 2.38. The molecule has 1 fully saturated rings. The fourth-order valence-corrected chi connectivity index (χ4v) is 3.91. The molecule has 3 aromatic rings. The Morgan fingerprint density at radius 1 is 0.900 bits per heavy atom. The fourth-order valence-electron chi connectivity index (χ4n) is 3.91. The maximum Gasteiger partial charge on any atom is 0.243 e. The van der Waals surface area contributed by atoms with E-state index in [1.807, 2.05) is 61.5 Å². The van der Waals surface area contributed by atoms with Gasteiger partial charge in [-0.2, -0.15) is 0 Å². The molecule has 152 valence electrons. The summed E-state index contributed by atoms with van der Waals surface area (Å²) in [5.74, 6) is -0.0751. The third-order valence-electron chi connectivity index (χ3n) is 5.37. The van der Waals surface area contributed by atoms with Crippen LogP contribution in [0.3, 0.4) is 0 Å². The van der Waals surface area contributed by atoms with Crippen LogP contribution < -0.4 is 10.6 Å². The van der Waals surface area contributed by atoms with Crippen LogP contribution in [0.2, 0.25) is 0 Å². The predicted molar refractivity (Wildman–Crippen MR) is 119 cm³/mol. The van der Waals surface area contributed by atoms with E-state index < -0.39 is 17.8 Å². The number of nitrogens with one attached hydrogen (secondary N) is 2. The van der Waals surface area contributed by atoms with Crippen molar-refractivity contribution in [3.63, 3.8) is 0 Å². The van der Waals surface area contributed by atoms with Crippen LogP contribution in [-0.2, 0) is 15.1 Å². The van der Waals surface area contributed by atoms with Crippen molar-refractivity contribution < 1.29 is 9.53 Å². The highest BCUT2D eigenvalue weighted by molar-refractivity contribution is 5.89. The van der Waals surface area contributed by atoms with Gasteiger partial charge >= 0.3 is 0 Å². The Hall–Kier alpha value is -3.21. The molecule has 3 aromatic carbocycles. The number of carbonyl (C=O) groups is 1. The van der Waals surface area contributed by atoms with Gasteiger partial charge in [-0.15, -0.1) is 0 Å². The SMILES string of the molecule is C=C(C)CO[C@H]1NC(=O)[C@H]1NC(c1ccccc1)(c1ccccc1)c1ccccc1. The van der Waals surface area contributed by atoms with Gasteiger partial charge in [0.15, 0.2) is 6.23 Å². The van der Waals surface area contributed by atoms with Crippen LogP contribution in [0, 0.1) is 0 Å². The van der Waals surface area contributed by atoms with Crippen LogP contribution in [0.15, 0.2) is 103 Å². The molecule has 1 aliphatic heterocycles. The smallest absolute Gasteiger partial charge is 0.243 e. The van der Waals surface area contributed by atoms with E-state index in [-0.39, 0.29) is 5.91 Å². The molecule has 4 nitrogen and oxygen atoms in total. The molecule has 0 unspecified atom stereocenters. The lowest BCUT2D eigenvalue weighted by molar-refractivity contribution is -0.147. The van der Waals surface area contributed by atoms with E-state index >= 15 is 0 Å². The summed E-state index contributed by atoms with van der Waals surface area (Å²) in [5.41, 5.74) is 3.37. The summed E-state index contributed by atoms with van der Waals surface area (Å²) in [5, 5.41) is 6.53. The summed E-state index contributed by atoms with van der Waals surface area (Å²) >= 11 is 0. The van der Waals surface area contributed by atoms with Gasteiger partial charge in [-0.25, -0.2) is 0 Å². The molecule has 0 aliphatic carbocycles. The zero-order valence-electron chi connectivity index (χ0n) is 17.0. The third kappa shape index (κ3) is 3.80. The summed E-state index contributed by atoms with van der Waals surface area (Å²) in [4.78, 5) is 12.6. The molecule has 1 aliphatic rings. The number of hydrogen-bond donors (Lipinski definition) is 2. The van der Waals surface area contributed by atoms with E-state index in [1.54, 1.807) is 0 Å². The fraction of sp³-hybridized carbons (Fsp3) is 0.192. The number of ether oxygens (including phenoxy) is 1. The first-order valence-electron chi connectivity index (χ1n) is 10.1. The summed E-state index contributed by atoms with van der Waals surface area (Å²) in [6.07, 6.45) is -0.412. The van der Waals surface area contributed by atoms with Crippen molar-refractivity contribution >= 4 is 5.91 Å². The molecule has 1 saturated heterocycles. The quantitative estimate of drug-likeness (QED) is 0.343. The van der Waals surface area contributed by atoms with Crippen molar-refractivity contribution in [1.29, 1.82) is 0 Å². The number of carbonyl (C=O) groups excluding carboxylic acids is 1. The van der Waals surface area contributed by atoms with E-state index in [1.165, 1.54) is 0 Å². The van der Waals surface area contributed by atoms with Crippen molar-refractivity contribution in [3.05, 3.63) is 120 Å². The van der Waals surface area contributed by atoms with Crippen molar-refractivity contribution in [1.82, 2.24) is 10.6 Å². The lowest BCUT2D eigenvalue weighted by atomic mass is 9.76. The number of benzene rings is 3. The van der Waals surface area contributed by atoms with Gasteiger partial charge in [-0.1, -0.05) is 103 Å². The van der Waals surface area contributed by atoms with Gasteiger partial charge in [-0.3, -0.25) is 10.1 Å². The second-order valence-corrected chi connectivity index (χ2v) is 7.67. The van der Waals surface area contributed by atoms with Gasteiger partial charge in [0.25, 0.3) is 0 Å². The number of rotatable bonds is 8. The minimum absolute atomic E-state index is 0.0751. The van der Waals surface area contributed by atoms with Crippen molar-refractivity contribution in [3.8, 4) is 0 Å². The largest absolute Gasteiger partial charge is 0.352 e. The minimum Gasteiger partial charge on any atom is -0.352 e. The van der Waals surface area contributed by atoms with Crippen molar-refractivity contribution in [2.24, 2.45) is 0 Å². The molecule has 1 amide bonds. The first kappa shape index (κ1) is 20.1. The van der Waals surface area contributed by atoms with Crippen LogP contribution in [0.1, 0.15) is 23.6 Å². The standard InChI is InChI=1S/C26H26N2O2/c1-19(2)18-30-25-23(24(29)27-25)28-26(20-12-6-3-7-13-20,21-14-8-4-9-15-21)22-16-10-5-11-17-22/h3-17,23,25,28H,1,18H2,2H3,(H,27,29)/t23-,25-/m1/s1. The summed E-state index contributed by atoms with van der Waals surface area (Å²) in [6.45, 7) is 6.20. The van der Waals surface area contributed by atoms with Crippen molar-refractivity contribution in [2.75, 3.05) is 6.61 Å². The topological polar surface area (TPSA) is 50.4 Å². The molecule has 4 heteroatoms. The molecular weight excluding hydrogens is 372 g/mol. The van der Waals surface area contributed by atoms with E-state index in [0.29, 0.717) is 6.61 Å². The Labute approximate surface area is 177 Å². The first-order chi connectivity index (χ1) is 14.6. The molecule has 2 N–H and O–H groups in total. The minimum atomic E-state index is -0.711. The second-order valence-electron chi connectivity index (χ2n) is 7.67. The molecule has 0 radical (unpaired) electrons. The van der Waals surface area contributed by atoms with Crippen LogP contribution in [0.4, 0.5) is 0 Å². The summed E-state index contributed by atoms with van der Waals surface area (Å²) in [7, 11) is 0.